The van der Waals surface area contributed by atoms with Crippen molar-refractivity contribution >= 4 is 17.6 Å². The van der Waals surface area contributed by atoms with Gasteiger partial charge in [-0.05, 0) is 0 Å². The van der Waals surface area contributed by atoms with Gasteiger partial charge in [-0.25, -0.2) is 14.6 Å². The van der Waals surface area contributed by atoms with Crippen molar-refractivity contribution < 1.29 is 44.2 Å². The van der Waals surface area contributed by atoms with Crippen LogP contribution in [0.25, 0.3) is 0 Å². The van der Waals surface area contributed by atoms with E-state index in [-0.39, 0.29) is 19.5 Å². The number of carboxylic acid groups (broad SMARTS) is 2. The Morgan fingerprint density at radius 1 is 1.31 bits per heavy atom. The smallest absolute Gasteiger partial charge is 0.355 e. The summed E-state index contributed by atoms with van der Waals surface area (Å²) in [7, 11) is 0. The van der Waals surface area contributed by atoms with Crippen molar-refractivity contribution in [2.24, 2.45) is 0 Å². The Bertz CT molecular complexity index is 428. The number of pyridine rings is 1. The van der Waals surface area contributed by atoms with E-state index in [4.69, 9.17) is 10.2 Å². The first-order valence-electron chi connectivity index (χ1n) is 3.55. The third-order valence-electron chi connectivity index (χ3n) is 1.54. The second kappa shape index (κ2) is 5.27. The van der Waals surface area contributed by atoms with Crippen LogP contribution in [0.3, 0.4) is 0 Å². The van der Waals surface area contributed by atoms with E-state index < -0.39 is 33.8 Å². The Morgan fingerprint density at radius 2 is 1.88 bits per heavy atom. The van der Waals surface area contributed by atoms with Crippen LogP contribution in [-0.2, 0) is 19.5 Å². The molecule has 0 unspecified atom stereocenters. The summed E-state index contributed by atoms with van der Waals surface area (Å²) in [4.78, 5) is 33.9. The number of hydrogen-bond acceptors (Lipinski definition) is 5. The topological polar surface area (TPSA) is 131 Å². The molecule has 0 radical (unpaired) electrons. The molecule has 1 rings (SSSR count). The summed E-state index contributed by atoms with van der Waals surface area (Å²) in [6.45, 7) is 0. The molecule has 80 valence electrons. The van der Waals surface area contributed by atoms with Crippen LogP contribution in [0, 0.1) is 10.1 Å². The number of nitro groups is 1. The second-order valence-corrected chi connectivity index (χ2v) is 2.42. The van der Waals surface area contributed by atoms with E-state index >= 15 is 0 Å². The number of carbonyl (C=O) groups is 2. The largest absolute Gasteiger partial charge is 0.477 e. The van der Waals surface area contributed by atoms with Crippen LogP contribution in [0.1, 0.15) is 20.8 Å². The van der Waals surface area contributed by atoms with Gasteiger partial charge in [-0.3, -0.25) is 10.1 Å². The third-order valence-corrected chi connectivity index (χ3v) is 1.54. The van der Waals surface area contributed by atoms with E-state index in [1.54, 1.807) is 0 Å². The minimum Gasteiger partial charge on any atom is -0.477 e. The standard InChI is InChI=1S/C7H4N2O6.Zn/c10-6(11)4-3(9(14)15)1-2-8-5(4)7(12)13;/h1-2H,(H,10,11)(H,12,13);. The van der Waals surface area contributed by atoms with Crippen molar-refractivity contribution in [2.45, 2.75) is 0 Å². The number of hydrogen-bond donors (Lipinski definition) is 2. The Labute approximate surface area is 101 Å². The van der Waals surface area contributed by atoms with Gasteiger partial charge in [0.1, 0.15) is 0 Å². The van der Waals surface area contributed by atoms with Gasteiger partial charge >= 0.3 is 11.9 Å². The molecule has 1 aromatic rings. The van der Waals surface area contributed by atoms with Crippen molar-refractivity contribution in [1.29, 1.82) is 0 Å². The molecular formula is C7H4N2O6Zn. The van der Waals surface area contributed by atoms with Crippen molar-refractivity contribution in [3.05, 3.63) is 33.6 Å². The fourth-order valence-corrected chi connectivity index (χ4v) is 0.977. The predicted molar refractivity (Wildman–Crippen MR) is 44.8 cm³/mol. The Kier molecular flexibility index (Phi) is 4.65. The number of rotatable bonds is 3. The van der Waals surface area contributed by atoms with E-state index in [1.165, 1.54) is 0 Å². The molecule has 0 aromatic carbocycles. The van der Waals surface area contributed by atoms with Crippen LogP contribution >= 0.6 is 0 Å². The van der Waals surface area contributed by atoms with Gasteiger partial charge < -0.3 is 10.2 Å². The molecule has 1 heterocycles. The molecule has 0 amide bonds. The summed E-state index contributed by atoms with van der Waals surface area (Å²) in [5, 5.41) is 27.6. The quantitative estimate of drug-likeness (QED) is 0.464. The van der Waals surface area contributed by atoms with Crippen LogP contribution < -0.4 is 0 Å². The molecule has 0 atom stereocenters. The molecule has 9 heteroatoms. The van der Waals surface area contributed by atoms with Crippen LogP contribution in [-0.4, -0.2) is 32.1 Å². The SMILES string of the molecule is O=C(O)c1nccc([N+](=O)[O-])c1C(=O)O.[Zn]. The van der Waals surface area contributed by atoms with Crippen molar-refractivity contribution in [3.63, 3.8) is 0 Å². The Balaban J connectivity index is 0.00000225. The summed E-state index contributed by atoms with van der Waals surface area (Å²) >= 11 is 0. The zero-order valence-electron chi connectivity index (χ0n) is 7.78. The first-order valence-corrected chi connectivity index (χ1v) is 3.55. The van der Waals surface area contributed by atoms with E-state index in [0.29, 0.717) is 0 Å². The van der Waals surface area contributed by atoms with Crippen LogP contribution in [0.2, 0.25) is 0 Å². The molecule has 1 aromatic heterocycles. The van der Waals surface area contributed by atoms with Gasteiger partial charge in [-0.2, -0.15) is 0 Å². The second-order valence-electron chi connectivity index (χ2n) is 2.42. The molecule has 0 saturated carbocycles. The first kappa shape index (κ1) is 14.1. The number of aromatic carboxylic acids is 2. The molecule has 0 saturated heterocycles. The maximum absolute atomic E-state index is 10.6. The molecule has 0 aliphatic heterocycles. The van der Waals surface area contributed by atoms with Gasteiger partial charge in [-0.15, -0.1) is 0 Å². The average Bonchev–Trinajstić information content (AvgIpc) is 2.16. The summed E-state index contributed by atoms with van der Waals surface area (Å²) in [6, 6.07) is 0.829. The fraction of sp³-hybridized carbons (Fsp3) is 0. The van der Waals surface area contributed by atoms with E-state index in [9.17, 15) is 19.7 Å². The summed E-state index contributed by atoms with van der Waals surface area (Å²) in [5.74, 6) is -3.33. The average molecular weight is 278 g/mol. The Morgan fingerprint density at radius 3 is 2.25 bits per heavy atom. The maximum atomic E-state index is 10.6. The van der Waals surface area contributed by atoms with Gasteiger partial charge in [0.15, 0.2) is 11.3 Å². The van der Waals surface area contributed by atoms with Crippen molar-refractivity contribution in [2.75, 3.05) is 0 Å². The number of aromatic nitrogens is 1. The molecule has 0 fully saturated rings. The molecule has 16 heavy (non-hydrogen) atoms. The van der Waals surface area contributed by atoms with Gasteiger partial charge in [0, 0.05) is 31.7 Å². The monoisotopic (exact) mass is 276 g/mol. The summed E-state index contributed by atoms with van der Waals surface area (Å²) < 4.78 is 0. The van der Waals surface area contributed by atoms with E-state index in [2.05, 4.69) is 4.98 Å². The summed E-state index contributed by atoms with van der Waals surface area (Å²) in [6.07, 6.45) is 0.869. The minimum atomic E-state index is -1.70. The first-order chi connectivity index (χ1) is 6.95. The number of nitrogens with zero attached hydrogens (tertiary/aromatic N) is 2. The predicted octanol–water partition coefficient (Wildman–Crippen LogP) is 0.384. The molecule has 0 spiro atoms. The fourth-order valence-electron chi connectivity index (χ4n) is 0.977. The van der Waals surface area contributed by atoms with E-state index in [0.717, 1.165) is 12.3 Å². The van der Waals surface area contributed by atoms with E-state index in [1.807, 2.05) is 0 Å². The molecule has 0 aliphatic rings. The van der Waals surface area contributed by atoms with Gasteiger partial charge in [0.05, 0.1) is 4.92 Å². The molecule has 0 aliphatic carbocycles. The van der Waals surface area contributed by atoms with Crippen LogP contribution in [0.5, 0.6) is 0 Å². The van der Waals surface area contributed by atoms with Crippen molar-refractivity contribution in [1.82, 2.24) is 4.98 Å². The Hall–Kier alpha value is -1.89. The zero-order valence-corrected chi connectivity index (χ0v) is 10.8. The maximum Gasteiger partial charge on any atom is 0.355 e. The van der Waals surface area contributed by atoms with Crippen LogP contribution in [0.4, 0.5) is 5.69 Å². The zero-order chi connectivity index (χ0) is 11.6. The van der Waals surface area contributed by atoms with Gasteiger partial charge in [-0.1, -0.05) is 0 Å². The van der Waals surface area contributed by atoms with Crippen LogP contribution in [0.15, 0.2) is 12.3 Å². The molecular weight excluding hydrogens is 273 g/mol. The third kappa shape index (κ3) is 2.57. The normalized spacial score (nSPS) is 9.00. The van der Waals surface area contributed by atoms with Gasteiger partial charge in [0.25, 0.3) is 5.69 Å². The molecule has 8 nitrogen and oxygen atoms in total. The molecule has 0 bridgehead atoms. The van der Waals surface area contributed by atoms with Gasteiger partial charge in [0.2, 0.25) is 0 Å². The molecule has 2 N–H and O–H groups in total. The number of carboxylic acids is 2. The minimum absolute atomic E-state index is 0. The van der Waals surface area contributed by atoms with Crippen molar-refractivity contribution in [3.8, 4) is 0 Å². The summed E-state index contributed by atoms with van der Waals surface area (Å²) in [5.41, 5.74) is -2.57.